The van der Waals surface area contributed by atoms with Gasteiger partial charge in [0.05, 0.1) is 92.3 Å². The monoisotopic (exact) mass is 2060 g/mol. The van der Waals surface area contributed by atoms with E-state index in [0.717, 1.165) is 125 Å². The van der Waals surface area contributed by atoms with Crippen molar-refractivity contribution >= 4 is 89.0 Å². The highest BCUT2D eigenvalue weighted by atomic mass is 35.5. The summed E-state index contributed by atoms with van der Waals surface area (Å²) in [4.78, 5) is 64.4. The summed E-state index contributed by atoms with van der Waals surface area (Å²) in [5, 5.41) is 14.6. The number of methoxy groups -OCH3 is 4. The Bertz CT molecular complexity index is 6530. The Hall–Kier alpha value is -13.0. The Kier molecular flexibility index (Phi) is 51.9. The Morgan fingerprint density at radius 3 is 1.45 bits per heavy atom. The number of ether oxygens (including phenoxy) is 7. The highest BCUT2D eigenvalue weighted by Gasteiger charge is 2.19. The molecule has 4 aromatic heterocycles. The predicted molar refractivity (Wildman–Crippen MR) is 607 cm³/mol. The zero-order valence-corrected chi connectivity index (χ0v) is 94.4. The van der Waals surface area contributed by atoms with Crippen LogP contribution in [-0.4, -0.2) is 124 Å². The first-order chi connectivity index (χ1) is 69.6. The molecule has 792 valence electrons. The van der Waals surface area contributed by atoms with Gasteiger partial charge in [0.25, 0.3) is 0 Å². The molecule has 0 aliphatic carbocycles. The zero-order chi connectivity index (χ0) is 109. The van der Waals surface area contributed by atoms with Crippen LogP contribution in [0.3, 0.4) is 0 Å². The van der Waals surface area contributed by atoms with Gasteiger partial charge in [-0.15, -0.1) is 11.3 Å². The number of amides is 2. The number of primary sulfonamides is 1. The van der Waals surface area contributed by atoms with Crippen LogP contribution in [0.15, 0.2) is 244 Å². The van der Waals surface area contributed by atoms with Crippen molar-refractivity contribution in [2.24, 2.45) is 5.14 Å². The van der Waals surface area contributed by atoms with Crippen LogP contribution in [0.1, 0.15) is 322 Å². The molecule has 0 atom stereocenters. The van der Waals surface area contributed by atoms with Gasteiger partial charge in [0.15, 0.2) is 28.8 Å². The van der Waals surface area contributed by atoms with Crippen molar-refractivity contribution in [2.75, 3.05) is 83.5 Å². The number of sulfonamides is 1. The second-order valence-corrected chi connectivity index (χ2v) is 41.8. The lowest BCUT2D eigenvalue weighted by molar-refractivity contribution is -0.115. The van der Waals surface area contributed by atoms with Crippen LogP contribution < -0.4 is 54.8 Å². The second-order valence-electron chi connectivity index (χ2n) is 39.0. The van der Waals surface area contributed by atoms with E-state index in [0.29, 0.717) is 76.6 Å². The Balaban J connectivity index is 0.000000247. The van der Waals surface area contributed by atoms with E-state index in [1.165, 1.54) is 80.2 Å². The van der Waals surface area contributed by atoms with Gasteiger partial charge < -0.3 is 63.2 Å². The number of fused-ring (bicyclic) bond motifs is 3. The maximum atomic E-state index is 11.1. The second kappa shape index (κ2) is 62.2. The fourth-order valence-corrected chi connectivity index (χ4v) is 16.0. The summed E-state index contributed by atoms with van der Waals surface area (Å²) in [5.74, 6) is 12.8. The normalized spacial score (nSPS) is 11.8. The third-order valence-corrected chi connectivity index (χ3v) is 25.8. The van der Waals surface area contributed by atoms with E-state index in [-0.39, 0.29) is 39.1 Å². The molecule has 2 aliphatic heterocycles. The van der Waals surface area contributed by atoms with Crippen LogP contribution in [0, 0.1) is 6.92 Å². The number of hydrogen-bond acceptors (Lipinski definition) is 20. The van der Waals surface area contributed by atoms with Crippen molar-refractivity contribution in [3.8, 4) is 45.9 Å². The number of halogens is 1. The molecule has 24 nitrogen and oxygen atoms in total. The number of aromatic nitrogens is 6. The number of morpholine rings is 1. The molecule has 14 aromatic rings. The number of rotatable bonds is 21. The minimum absolute atomic E-state index is 0.00892. The van der Waals surface area contributed by atoms with Gasteiger partial charge in [0.1, 0.15) is 22.2 Å². The summed E-state index contributed by atoms with van der Waals surface area (Å²) < 4.78 is 65.6. The first-order valence-corrected chi connectivity index (χ1v) is 53.2. The number of nitrogens with one attached hydrogen (secondary N) is 4. The van der Waals surface area contributed by atoms with Crippen LogP contribution in [0.25, 0.3) is 32.6 Å². The van der Waals surface area contributed by atoms with Crippen molar-refractivity contribution in [3.05, 3.63) is 318 Å². The van der Waals surface area contributed by atoms with Crippen LogP contribution in [0.2, 0.25) is 5.02 Å². The molecular formula is C120H159ClN10O14S2. The van der Waals surface area contributed by atoms with Crippen molar-refractivity contribution in [2.45, 2.75) is 256 Å². The standard InChI is InChI=1S/C12H14N2O.C12H18N2O.C12H17NO2.C12H16O2.C11H15NO.C11H16O2.C11H14O.C10H12N2O.C10H11NS.C10H14O.C9H12ClNO2S/c1-8(2)10-5-4-6-11(7-10)12-13-9(3)15-14-12;1-10(2)11-3-4-12(13-9-11)14-5-7-15-8-6-14;1-8(2)10-5-6-12(15-4)11(7-10)13-9(3)14;1-9(2)10-4-5-11-12(8-10)14-7-3-6-13-11;1-8(2)10-4-6-11(7-5-10)12-9(3)13;1-8(2)9-5-6-10(12-3)11(7-9)13-4;1-8(2)10-5-4-6-11(7-10)9(3)12;1-6(2)7-3-4-8-9(5-7)12-10(13)11-8;1-7(2)8-3-4-10-9(5-8)11-6-12-10;1-8(2)9-5-4-6-10(7-9)11-3;1-6(2)7-3-4-8(10)9(5-7)14(11,12)13/h4-8H,1-3H3;3-4,9-10H,5-8H2,1-2H3;5-8H,1-4H3,(H,13,14);4-5,8-9H,3,6-7H2,1-2H3;4-8H,1-3H3,(H,12,13);5-8H,1-4H3;4-8H,1-3H3;3-6H,1-2H3,(H2,11,12,13);3-7H,1-2H3;4-8H,1-3H3;3-6H,1-2H3,(H2,11,12,13). The van der Waals surface area contributed by atoms with Crippen LogP contribution >= 0.6 is 22.9 Å². The molecule has 1 saturated heterocycles. The van der Waals surface area contributed by atoms with Gasteiger partial charge >= 0.3 is 5.69 Å². The van der Waals surface area contributed by atoms with E-state index < -0.39 is 10.0 Å². The maximum Gasteiger partial charge on any atom is 0.323 e. The number of nitrogens with two attached hydrogens (primary N) is 1. The SMILES string of the molecule is CC(=O)Nc1ccc(C(C)C)cc1.CC(=O)c1cccc(C(C)C)c1.CC(C)c1ccc(Cl)c(S(N)(=O)=O)c1.CC(C)c1ccc(N2CCOCC2)nc1.CC(C)c1ccc2[nH]c(=O)[nH]c2c1.CC(C)c1ccc2c(c1)OCCCO2.CC(C)c1ccc2scnc2c1.COc1ccc(C(C)C)cc1NC(C)=O.COc1ccc(C(C)C)cc1OC.COc1cccc(C(C)C)c1.Cc1nc(-c2cccc(C(C)C)c2)no1. The number of aromatic amines is 2. The fraction of sp³-hybridized carbons (Fsp3) is 0.400. The number of hydrogen-bond donors (Lipinski definition) is 5. The lowest BCUT2D eigenvalue weighted by Crippen LogP contribution is -2.36. The molecule has 16 rings (SSSR count). The van der Waals surface area contributed by atoms with Gasteiger partial charge in [-0.25, -0.2) is 28.3 Å². The predicted octanol–water partition coefficient (Wildman–Crippen LogP) is 29.9. The van der Waals surface area contributed by atoms with E-state index in [9.17, 15) is 27.6 Å². The molecule has 6 N–H and O–H groups in total. The number of Topliss-reactive ketones (excluding diaryl/α,β-unsaturated/α-hetero) is 1. The molecule has 27 heteroatoms. The van der Waals surface area contributed by atoms with E-state index in [1.807, 2.05) is 147 Å². The Labute approximate surface area is 882 Å². The summed E-state index contributed by atoms with van der Waals surface area (Å²) in [7, 11) is 2.87. The van der Waals surface area contributed by atoms with Crippen molar-refractivity contribution < 1.29 is 60.5 Å². The average molecular weight is 2070 g/mol. The number of ketones is 1. The minimum atomic E-state index is -3.72. The first kappa shape index (κ1) is 123. The summed E-state index contributed by atoms with van der Waals surface area (Å²) >= 11 is 7.42. The zero-order valence-electron chi connectivity index (χ0n) is 92.0. The molecule has 0 bridgehead atoms. The van der Waals surface area contributed by atoms with Crippen molar-refractivity contribution in [1.82, 2.24) is 30.1 Å². The number of anilines is 3. The topological polar surface area (TPSA) is 317 Å². The molecule has 0 radical (unpaired) electrons. The number of pyridine rings is 1. The molecule has 0 unspecified atom stereocenters. The summed E-state index contributed by atoms with van der Waals surface area (Å²) in [6, 6.07) is 71.9. The molecule has 2 aliphatic rings. The highest BCUT2D eigenvalue weighted by Crippen LogP contribution is 2.36. The molecule has 10 aromatic carbocycles. The Morgan fingerprint density at radius 1 is 0.449 bits per heavy atom. The van der Waals surface area contributed by atoms with Crippen LogP contribution in [-0.2, 0) is 24.3 Å². The molecule has 0 spiro atoms. The van der Waals surface area contributed by atoms with Crippen molar-refractivity contribution in [3.63, 3.8) is 0 Å². The number of carbonyl (C=O) groups is 3. The van der Waals surface area contributed by atoms with Gasteiger partial charge in [0, 0.05) is 63.3 Å². The van der Waals surface area contributed by atoms with Gasteiger partial charge in [-0.1, -0.05) is 272 Å². The average Bonchev–Trinajstić information content (AvgIpc) is 1.75. The largest absolute Gasteiger partial charge is 0.497 e. The fourth-order valence-electron chi connectivity index (χ4n) is 14.3. The van der Waals surface area contributed by atoms with Gasteiger partial charge in [-0.05, 0) is 248 Å². The smallest absolute Gasteiger partial charge is 0.323 e. The number of thiazole rings is 1. The van der Waals surface area contributed by atoms with Crippen LogP contribution in [0.5, 0.6) is 34.5 Å². The molecule has 1 fully saturated rings. The number of carbonyl (C=O) groups excluding carboxylic acids is 3. The van der Waals surface area contributed by atoms with Gasteiger partial charge in [0.2, 0.25) is 33.6 Å². The van der Waals surface area contributed by atoms with Gasteiger partial charge in [-0.3, -0.25) is 14.4 Å². The number of benzene rings is 10. The first-order valence-electron chi connectivity index (χ1n) is 50.4. The van der Waals surface area contributed by atoms with E-state index in [1.54, 1.807) is 65.8 Å². The van der Waals surface area contributed by atoms with Crippen molar-refractivity contribution in [1.29, 1.82) is 0 Å². The maximum absolute atomic E-state index is 11.1. The number of imidazole rings is 1. The molecule has 147 heavy (non-hydrogen) atoms. The van der Waals surface area contributed by atoms with E-state index in [2.05, 4.69) is 263 Å². The molecule has 6 heterocycles. The summed E-state index contributed by atoms with van der Waals surface area (Å²) in [6.45, 7) is 58.5. The molecular weight excluding hydrogens is 1900 g/mol. The third-order valence-electron chi connectivity index (χ3n) is 23.6. The quantitative estimate of drug-likeness (QED) is 0.0417. The Morgan fingerprint density at radius 2 is 0.918 bits per heavy atom. The number of nitrogens with zero attached hydrogens (tertiary/aromatic N) is 5. The lowest BCUT2D eigenvalue weighted by Gasteiger charge is -2.27. The van der Waals surface area contributed by atoms with E-state index in [4.69, 9.17) is 54.4 Å². The van der Waals surface area contributed by atoms with Crippen LogP contribution in [0.4, 0.5) is 17.2 Å². The minimum Gasteiger partial charge on any atom is -0.497 e. The summed E-state index contributed by atoms with van der Waals surface area (Å²) in [6.07, 6.45) is 2.95. The van der Waals surface area contributed by atoms with Gasteiger partial charge in [-0.2, -0.15) is 4.98 Å². The third kappa shape index (κ3) is 42.4. The number of H-pyrrole nitrogens is 2. The summed E-state index contributed by atoms with van der Waals surface area (Å²) in [5.41, 5.74) is 21.7. The lowest BCUT2D eigenvalue weighted by atomic mass is 10.00. The number of aryl methyl sites for hydroxylation is 1. The van der Waals surface area contributed by atoms with E-state index >= 15 is 0 Å². The highest BCUT2D eigenvalue weighted by molar-refractivity contribution is 7.89. The molecule has 2 amide bonds. The molecule has 0 saturated carbocycles.